The molecule has 0 spiro atoms. The van der Waals surface area contributed by atoms with Gasteiger partial charge in [-0.05, 0) is 31.2 Å². The summed E-state index contributed by atoms with van der Waals surface area (Å²) in [6, 6.07) is 6.49. The summed E-state index contributed by atoms with van der Waals surface area (Å²) < 4.78 is 0.267. The van der Waals surface area contributed by atoms with E-state index in [-0.39, 0.29) is 16.0 Å². The molecule has 0 bridgehead atoms. The number of rotatable bonds is 5. The third-order valence-electron chi connectivity index (χ3n) is 3.63. The van der Waals surface area contributed by atoms with Crippen LogP contribution >= 0.6 is 11.8 Å². The van der Waals surface area contributed by atoms with Crippen LogP contribution in [0.15, 0.2) is 18.2 Å². The zero-order valence-corrected chi connectivity index (χ0v) is 11.5. The van der Waals surface area contributed by atoms with Gasteiger partial charge in [0, 0.05) is 23.0 Å². The Balaban J connectivity index is 2.11. The summed E-state index contributed by atoms with van der Waals surface area (Å²) in [4.78, 5) is 10.4. The van der Waals surface area contributed by atoms with E-state index in [1.54, 1.807) is 6.07 Å². The average molecular weight is 277 g/mol. The minimum Gasteiger partial charge on any atom is -0.383 e. The van der Waals surface area contributed by atoms with Crippen LogP contribution in [0.4, 0.5) is 11.4 Å². The van der Waals surface area contributed by atoms with Gasteiger partial charge in [0.1, 0.15) is 11.6 Å². The van der Waals surface area contributed by atoms with Gasteiger partial charge in [-0.3, -0.25) is 10.1 Å². The number of benzene rings is 1. The summed E-state index contributed by atoms with van der Waals surface area (Å²) in [5.41, 5.74) is 0.657. The number of nitrogens with one attached hydrogen (secondary N) is 1. The highest BCUT2D eigenvalue weighted by Crippen LogP contribution is 2.42. The Hall–Kier alpha value is -1.74. The molecule has 0 saturated heterocycles. The van der Waals surface area contributed by atoms with Gasteiger partial charge in [-0.1, -0.05) is 6.42 Å². The Morgan fingerprint density at radius 3 is 2.79 bits per heavy atom. The smallest absolute Gasteiger partial charge is 0.289 e. The van der Waals surface area contributed by atoms with Crippen molar-refractivity contribution in [1.82, 2.24) is 0 Å². The molecule has 0 amide bonds. The molecule has 0 atom stereocenters. The van der Waals surface area contributed by atoms with Gasteiger partial charge in [0.15, 0.2) is 0 Å². The zero-order chi connectivity index (χ0) is 13.9. The second kappa shape index (κ2) is 5.49. The van der Waals surface area contributed by atoms with E-state index in [0.29, 0.717) is 5.69 Å². The third-order valence-corrected chi connectivity index (χ3v) is 5.05. The maximum absolute atomic E-state index is 10.9. The number of hydrogen-bond donors (Lipinski definition) is 1. The van der Waals surface area contributed by atoms with Crippen LogP contribution in [0.25, 0.3) is 0 Å². The summed E-state index contributed by atoms with van der Waals surface area (Å²) in [6.07, 6.45) is 5.71. The van der Waals surface area contributed by atoms with Crippen LogP contribution in [-0.4, -0.2) is 22.5 Å². The average Bonchev–Trinajstić information content (AvgIpc) is 2.37. The van der Waals surface area contributed by atoms with E-state index < -0.39 is 4.92 Å². The number of nitro groups is 1. The Morgan fingerprint density at radius 2 is 2.32 bits per heavy atom. The number of nitrogens with zero attached hydrogens (tertiary/aromatic N) is 2. The van der Waals surface area contributed by atoms with E-state index >= 15 is 0 Å². The minimum atomic E-state index is -0.516. The highest BCUT2D eigenvalue weighted by atomic mass is 32.2. The molecule has 6 heteroatoms. The lowest BCUT2D eigenvalue weighted by molar-refractivity contribution is -0.385. The van der Waals surface area contributed by atoms with Gasteiger partial charge in [0.2, 0.25) is 0 Å². The molecular formula is C13H15N3O2S. The quantitative estimate of drug-likeness (QED) is 0.660. The van der Waals surface area contributed by atoms with Crippen LogP contribution in [-0.2, 0) is 0 Å². The zero-order valence-electron chi connectivity index (χ0n) is 10.7. The fraction of sp³-hybridized carbons (Fsp3) is 0.462. The molecule has 100 valence electrons. The Labute approximate surface area is 116 Å². The summed E-state index contributed by atoms with van der Waals surface area (Å²) in [5, 5.41) is 23.0. The summed E-state index contributed by atoms with van der Waals surface area (Å²) in [5.74, 6) is 0. The number of anilines is 1. The molecule has 1 N–H and O–H groups in total. The SMILES string of the molecule is CSC1(CNc2ccc(C#N)c([N+](=O)[O-])c2)CCC1. The fourth-order valence-corrected chi connectivity index (χ4v) is 3.09. The van der Waals surface area contributed by atoms with E-state index in [0.717, 1.165) is 6.54 Å². The van der Waals surface area contributed by atoms with Crippen molar-refractivity contribution >= 4 is 23.1 Å². The Kier molecular flexibility index (Phi) is 3.96. The van der Waals surface area contributed by atoms with Crippen LogP contribution in [0.3, 0.4) is 0 Å². The second-order valence-corrected chi connectivity index (χ2v) is 5.97. The molecule has 2 rings (SSSR count). The van der Waals surface area contributed by atoms with Gasteiger partial charge >= 0.3 is 0 Å². The summed E-state index contributed by atoms with van der Waals surface area (Å²) in [6.45, 7) is 0.803. The van der Waals surface area contributed by atoms with Crippen molar-refractivity contribution in [1.29, 1.82) is 5.26 Å². The molecule has 1 aliphatic rings. The predicted molar refractivity (Wildman–Crippen MR) is 76.4 cm³/mol. The van der Waals surface area contributed by atoms with Gasteiger partial charge in [-0.25, -0.2) is 0 Å². The van der Waals surface area contributed by atoms with Crippen molar-refractivity contribution < 1.29 is 4.92 Å². The lowest BCUT2D eigenvalue weighted by Crippen LogP contribution is -2.40. The first kappa shape index (κ1) is 13.7. The molecule has 1 aromatic carbocycles. The predicted octanol–water partition coefficient (Wildman–Crippen LogP) is 3.16. The number of thioether (sulfide) groups is 1. The van der Waals surface area contributed by atoms with Crippen molar-refractivity contribution in [2.24, 2.45) is 0 Å². The van der Waals surface area contributed by atoms with E-state index in [1.165, 1.54) is 31.4 Å². The summed E-state index contributed by atoms with van der Waals surface area (Å²) in [7, 11) is 0. The van der Waals surface area contributed by atoms with Gasteiger partial charge < -0.3 is 5.32 Å². The first-order valence-corrected chi connectivity index (χ1v) is 7.30. The lowest BCUT2D eigenvalue weighted by atomic mass is 9.84. The van der Waals surface area contributed by atoms with Crippen molar-refractivity contribution in [2.75, 3.05) is 18.1 Å². The minimum absolute atomic E-state index is 0.0961. The molecule has 5 nitrogen and oxygen atoms in total. The maximum atomic E-state index is 10.9. The first-order chi connectivity index (χ1) is 9.10. The molecule has 0 radical (unpaired) electrons. The fourth-order valence-electron chi connectivity index (χ4n) is 2.17. The van der Waals surface area contributed by atoms with Gasteiger partial charge in [0.05, 0.1) is 4.92 Å². The molecule has 1 aliphatic carbocycles. The first-order valence-electron chi connectivity index (χ1n) is 6.08. The second-order valence-electron chi connectivity index (χ2n) is 4.70. The standard InChI is InChI=1S/C13H15N3O2S/c1-19-13(5-2-6-13)9-15-11-4-3-10(8-14)12(7-11)16(17)18/h3-4,7,15H,2,5-6,9H2,1H3. The highest BCUT2D eigenvalue weighted by Gasteiger charge is 2.35. The van der Waals surface area contributed by atoms with Crippen molar-refractivity contribution in [3.8, 4) is 6.07 Å². The van der Waals surface area contributed by atoms with E-state index in [1.807, 2.05) is 17.8 Å². The molecule has 0 heterocycles. The topological polar surface area (TPSA) is 79.0 Å². The molecule has 1 saturated carbocycles. The number of nitriles is 1. The number of hydrogen-bond acceptors (Lipinski definition) is 5. The normalized spacial score (nSPS) is 16.2. The largest absolute Gasteiger partial charge is 0.383 e. The molecule has 1 fully saturated rings. The number of nitro benzene ring substituents is 1. The van der Waals surface area contributed by atoms with E-state index in [4.69, 9.17) is 5.26 Å². The third kappa shape index (κ3) is 2.82. The van der Waals surface area contributed by atoms with Crippen LogP contribution in [0.5, 0.6) is 0 Å². The van der Waals surface area contributed by atoms with Crippen molar-refractivity contribution in [3.05, 3.63) is 33.9 Å². The van der Waals surface area contributed by atoms with Crippen molar-refractivity contribution in [2.45, 2.75) is 24.0 Å². The monoisotopic (exact) mass is 277 g/mol. The van der Waals surface area contributed by atoms with E-state index in [9.17, 15) is 10.1 Å². The van der Waals surface area contributed by atoms with Crippen LogP contribution in [0.2, 0.25) is 0 Å². The van der Waals surface area contributed by atoms with Gasteiger partial charge in [-0.2, -0.15) is 17.0 Å². The van der Waals surface area contributed by atoms with Crippen LogP contribution < -0.4 is 5.32 Å². The van der Waals surface area contributed by atoms with Gasteiger partial charge in [-0.15, -0.1) is 0 Å². The maximum Gasteiger partial charge on any atom is 0.289 e. The van der Waals surface area contributed by atoms with Crippen LogP contribution in [0.1, 0.15) is 24.8 Å². The lowest BCUT2D eigenvalue weighted by Gasteiger charge is -2.40. The van der Waals surface area contributed by atoms with Crippen molar-refractivity contribution in [3.63, 3.8) is 0 Å². The van der Waals surface area contributed by atoms with E-state index in [2.05, 4.69) is 11.6 Å². The molecule has 0 aliphatic heterocycles. The Morgan fingerprint density at radius 1 is 1.58 bits per heavy atom. The molecule has 0 aromatic heterocycles. The summed E-state index contributed by atoms with van der Waals surface area (Å²) >= 11 is 1.85. The highest BCUT2D eigenvalue weighted by molar-refractivity contribution is 8.00. The Bertz CT molecular complexity index is 530. The molecule has 1 aromatic rings. The van der Waals surface area contributed by atoms with Gasteiger partial charge in [0.25, 0.3) is 5.69 Å². The molecule has 19 heavy (non-hydrogen) atoms. The molecular weight excluding hydrogens is 262 g/mol. The van der Waals surface area contributed by atoms with Crippen LogP contribution in [0, 0.1) is 21.4 Å². The molecule has 0 unspecified atom stereocenters.